The number of nitrogens with zero attached hydrogens (tertiary/aromatic N) is 1. The molecular formula is C3H8NO7P. The Labute approximate surface area is 67.4 Å². The maximum Gasteiger partial charge on any atom is 0.503 e. The Bertz CT molecular complexity index is 193. The van der Waals surface area contributed by atoms with Crippen molar-refractivity contribution in [3.05, 3.63) is 10.1 Å². The Balaban J connectivity index is 3.72. The van der Waals surface area contributed by atoms with Crippen molar-refractivity contribution in [2.75, 3.05) is 13.2 Å². The summed E-state index contributed by atoms with van der Waals surface area (Å²) in [6.45, 7) is -0.517. The lowest BCUT2D eigenvalue weighted by Gasteiger charge is -2.07. The minimum absolute atomic E-state index is 0.103. The van der Waals surface area contributed by atoms with Crippen LogP contribution in [0.4, 0.5) is 0 Å². The van der Waals surface area contributed by atoms with E-state index in [-0.39, 0.29) is 19.6 Å². The van der Waals surface area contributed by atoms with Gasteiger partial charge in [0, 0.05) is 6.61 Å². The second-order valence-electron chi connectivity index (χ2n) is 1.68. The predicted molar refractivity (Wildman–Crippen MR) is 35.6 cm³/mol. The molecule has 12 heavy (non-hydrogen) atoms. The molecule has 0 fully saturated rings. The Morgan fingerprint density at radius 2 is 2.17 bits per heavy atom. The topological polar surface area (TPSA) is 119 Å². The molecule has 0 heterocycles. The third kappa shape index (κ3) is 6.05. The van der Waals surface area contributed by atoms with Gasteiger partial charge in [0.15, 0.2) is 0 Å². The molecule has 1 atom stereocenters. The average molecular weight is 201 g/mol. The van der Waals surface area contributed by atoms with Crippen LogP contribution in [-0.4, -0.2) is 28.3 Å². The second kappa shape index (κ2) is 5.04. The van der Waals surface area contributed by atoms with Gasteiger partial charge in [-0.3, -0.25) is 4.52 Å². The SMILES string of the molecule is O=[N+]([O-])OP(=O)(O)OCCCO. The van der Waals surface area contributed by atoms with Crippen molar-refractivity contribution in [3.8, 4) is 0 Å². The van der Waals surface area contributed by atoms with E-state index in [0.717, 1.165) is 0 Å². The first-order chi connectivity index (χ1) is 5.48. The number of rotatable bonds is 6. The van der Waals surface area contributed by atoms with Crippen molar-refractivity contribution in [2.45, 2.75) is 6.42 Å². The fraction of sp³-hybridized carbons (Fsp3) is 1.00. The van der Waals surface area contributed by atoms with E-state index >= 15 is 0 Å². The van der Waals surface area contributed by atoms with Crippen molar-refractivity contribution in [1.82, 2.24) is 0 Å². The Kier molecular flexibility index (Phi) is 4.75. The molecule has 8 nitrogen and oxygen atoms in total. The molecule has 2 N–H and O–H groups in total. The van der Waals surface area contributed by atoms with Gasteiger partial charge in [-0.25, -0.2) is 4.57 Å². The number of aliphatic hydroxyl groups excluding tert-OH is 1. The molecule has 0 saturated carbocycles. The van der Waals surface area contributed by atoms with E-state index in [0.29, 0.717) is 0 Å². The summed E-state index contributed by atoms with van der Waals surface area (Å²) in [5, 5.41) is 16.4. The molecule has 0 aromatic heterocycles. The van der Waals surface area contributed by atoms with Crippen molar-refractivity contribution in [1.29, 1.82) is 0 Å². The second-order valence-corrected chi connectivity index (χ2v) is 3.04. The minimum atomic E-state index is -4.59. The van der Waals surface area contributed by atoms with Gasteiger partial charge in [-0.15, -0.1) is 10.1 Å². The zero-order valence-corrected chi connectivity index (χ0v) is 6.85. The fourth-order valence-corrected chi connectivity index (χ4v) is 0.928. The lowest BCUT2D eigenvalue weighted by molar-refractivity contribution is -0.718. The number of aliphatic hydroxyl groups is 1. The molecule has 0 aromatic carbocycles. The van der Waals surface area contributed by atoms with Crippen LogP contribution in [0.5, 0.6) is 0 Å². The van der Waals surface area contributed by atoms with Crippen LogP contribution in [0.1, 0.15) is 6.42 Å². The smallest absolute Gasteiger partial charge is 0.396 e. The van der Waals surface area contributed by atoms with Gasteiger partial charge in [0.2, 0.25) is 0 Å². The highest BCUT2D eigenvalue weighted by Crippen LogP contribution is 2.42. The summed E-state index contributed by atoms with van der Waals surface area (Å²) in [5.41, 5.74) is 0. The summed E-state index contributed by atoms with van der Waals surface area (Å²) < 4.78 is 17.9. The number of phosphoric ester groups is 1. The van der Waals surface area contributed by atoms with Gasteiger partial charge in [-0.1, -0.05) is 0 Å². The Hall–Kier alpha value is -0.690. The van der Waals surface area contributed by atoms with E-state index in [1.807, 2.05) is 0 Å². The zero-order valence-electron chi connectivity index (χ0n) is 5.95. The van der Waals surface area contributed by atoms with Crippen LogP contribution in [0, 0.1) is 10.1 Å². The summed E-state index contributed by atoms with van der Waals surface area (Å²) in [4.78, 5) is 18.1. The lowest BCUT2D eigenvalue weighted by atomic mass is 10.5. The molecule has 1 unspecified atom stereocenters. The van der Waals surface area contributed by atoms with Gasteiger partial charge in [-0.2, -0.15) is 4.62 Å². The normalized spacial score (nSPS) is 15.2. The third-order valence-corrected chi connectivity index (χ3v) is 1.58. The fourth-order valence-electron chi connectivity index (χ4n) is 0.352. The van der Waals surface area contributed by atoms with Crippen molar-refractivity contribution < 1.29 is 28.8 Å². The summed E-state index contributed by atoms with van der Waals surface area (Å²) >= 11 is 0. The first-order valence-corrected chi connectivity index (χ1v) is 4.40. The van der Waals surface area contributed by atoms with E-state index in [9.17, 15) is 14.7 Å². The molecule has 9 heteroatoms. The van der Waals surface area contributed by atoms with Crippen LogP contribution in [0.25, 0.3) is 0 Å². The van der Waals surface area contributed by atoms with Gasteiger partial charge in [-0.05, 0) is 6.42 Å². The van der Waals surface area contributed by atoms with Gasteiger partial charge in [0.1, 0.15) is 0 Å². The Morgan fingerprint density at radius 3 is 2.58 bits per heavy atom. The highest BCUT2D eigenvalue weighted by atomic mass is 31.2. The van der Waals surface area contributed by atoms with Gasteiger partial charge < -0.3 is 10.00 Å². The average Bonchev–Trinajstić information content (AvgIpc) is 1.84. The molecule has 0 radical (unpaired) electrons. The van der Waals surface area contributed by atoms with Gasteiger partial charge in [0.05, 0.1) is 6.61 Å². The first-order valence-electron chi connectivity index (χ1n) is 2.90. The zero-order chi connectivity index (χ0) is 9.61. The molecular weight excluding hydrogens is 193 g/mol. The van der Waals surface area contributed by atoms with E-state index in [2.05, 4.69) is 9.15 Å². The van der Waals surface area contributed by atoms with Crippen molar-refractivity contribution in [3.63, 3.8) is 0 Å². The minimum Gasteiger partial charge on any atom is -0.396 e. The molecule has 0 aliphatic heterocycles. The summed E-state index contributed by atoms with van der Waals surface area (Å²) in [7, 11) is -4.59. The van der Waals surface area contributed by atoms with Crippen LogP contribution in [0.3, 0.4) is 0 Å². The molecule has 72 valence electrons. The van der Waals surface area contributed by atoms with Gasteiger partial charge >= 0.3 is 12.9 Å². The quantitative estimate of drug-likeness (QED) is 0.262. The molecule has 0 saturated heterocycles. The highest BCUT2D eigenvalue weighted by molar-refractivity contribution is 7.47. The summed E-state index contributed by atoms with van der Waals surface area (Å²) in [6.07, 6.45) is 0.103. The molecule has 0 rings (SSSR count). The number of hydrogen-bond acceptors (Lipinski definition) is 6. The third-order valence-electron chi connectivity index (χ3n) is 0.727. The maximum absolute atomic E-state index is 10.5. The molecule has 0 amide bonds. The molecule has 0 aliphatic carbocycles. The van der Waals surface area contributed by atoms with E-state index < -0.39 is 12.9 Å². The number of phosphoric acid groups is 1. The predicted octanol–water partition coefficient (Wildman–Crippen LogP) is -0.306. The molecule has 0 aromatic rings. The van der Waals surface area contributed by atoms with Crippen LogP contribution >= 0.6 is 7.82 Å². The van der Waals surface area contributed by atoms with E-state index in [4.69, 9.17) is 10.00 Å². The lowest BCUT2D eigenvalue weighted by Crippen LogP contribution is -2.03. The summed E-state index contributed by atoms with van der Waals surface area (Å²) in [5.74, 6) is 0. The number of hydrogen-bond donors (Lipinski definition) is 2. The first kappa shape index (κ1) is 11.3. The van der Waals surface area contributed by atoms with Crippen molar-refractivity contribution in [2.24, 2.45) is 0 Å². The Morgan fingerprint density at radius 1 is 1.58 bits per heavy atom. The largest absolute Gasteiger partial charge is 0.503 e. The molecule has 0 spiro atoms. The standard InChI is InChI=1S/C3H8NO7P/c5-2-1-3-10-12(8,9)11-4(6)7/h5H,1-3H2,(H,8,9). The van der Waals surface area contributed by atoms with Crippen LogP contribution in [0.15, 0.2) is 0 Å². The summed E-state index contributed by atoms with van der Waals surface area (Å²) in [6, 6.07) is 0. The molecule has 0 aliphatic rings. The van der Waals surface area contributed by atoms with E-state index in [1.54, 1.807) is 0 Å². The van der Waals surface area contributed by atoms with Crippen LogP contribution < -0.4 is 0 Å². The molecule has 0 bridgehead atoms. The van der Waals surface area contributed by atoms with Crippen LogP contribution in [0.2, 0.25) is 0 Å². The highest BCUT2D eigenvalue weighted by Gasteiger charge is 2.24. The van der Waals surface area contributed by atoms with Crippen LogP contribution in [-0.2, 0) is 13.7 Å². The van der Waals surface area contributed by atoms with Crippen molar-refractivity contribution >= 4 is 7.82 Å². The monoisotopic (exact) mass is 201 g/mol. The van der Waals surface area contributed by atoms with Gasteiger partial charge in [0.25, 0.3) is 0 Å². The maximum atomic E-state index is 10.5. The van der Waals surface area contributed by atoms with E-state index in [1.165, 1.54) is 0 Å².